The number of nitrogens with one attached hydrogen (secondary N) is 2. The van der Waals surface area contributed by atoms with Crippen molar-refractivity contribution in [2.75, 3.05) is 5.32 Å². The quantitative estimate of drug-likeness (QED) is 0.743. The van der Waals surface area contributed by atoms with Crippen LogP contribution in [0.4, 0.5) is 23.7 Å². The molecule has 0 spiro atoms. The molecule has 2 amide bonds. The summed E-state index contributed by atoms with van der Waals surface area (Å²) < 4.78 is 45.7. The maximum absolute atomic E-state index is 12.7. The number of carbonyl (C=O) groups excluding carboxylic acids is 2. The van der Waals surface area contributed by atoms with Gasteiger partial charge in [-0.25, -0.2) is 4.79 Å². The first-order valence-corrected chi connectivity index (χ1v) is 8.64. The molecule has 0 aliphatic carbocycles. The first-order valence-electron chi connectivity index (χ1n) is 8.64. The molecule has 156 valence electrons. The Labute approximate surface area is 166 Å². The minimum Gasteiger partial charge on any atom is -0.444 e. The molecule has 0 saturated carbocycles. The standard InChI is InChI=1S/C20H21F3N2O4/c1-19(2,3)29-18(27)25-16(13-7-5-4-6-8-13)17(26)24-14-9-11-15(12-10-14)28-20(21,22)23/h4-12,16H,1-3H3,(H,24,26)(H,25,27). The van der Waals surface area contributed by atoms with Crippen molar-refractivity contribution in [3.8, 4) is 5.75 Å². The number of carbonyl (C=O) groups is 2. The summed E-state index contributed by atoms with van der Waals surface area (Å²) in [6, 6.07) is 12.1. The fourth-order valence-electron chi connectivity index (χ4n) is 2.33. The van der Waals surface area contributed by atoms with Crippen molar-refractivity contribution < 1.29 is 32.2 Å². The Kier molecular flexibility index (Phi) is 6.73. The van der Waals surface area contributed by atoms with Crippen molar-refractivity contribution in [2.45, 2.75) is 38.8 Å². The molecule has 0 saturated heterocycles. The minimum atomic E-state index is -4.81. The highest BCUT2D eigenvalue weighted by Crippen LogP contribution is 2.24. The van der Waals surface area contributed by atoms with Crippen LogP contribution in [0.15, 0.2) is 54.6 Å². The second-order valence-electron chi connectivity index (χ2n) is 7.05. The summed E-state index contributed by atoms with van der Waals surface area (Å²) in [5.41, 5.74) is -0.0137. The number of ether oxygens (including phenoxy) is 2. The van der Waals surface area contributed by atoms with E-state index in [0.717, 1.165) is 12.1 Å². The Morgan fingerprint density at radius 2 is 1.52 bits per heavy atom. The molecule has 0 radical (unpaired) electrons. The van der Waals surface area contributed by atoms with Crippen LogP contribution in [0.5, 0.6) is 5.75 Å². The van der Waals surface area contributed by atoms with Gasteiger partial charge >= 0.3 is 12.5 Å². The van der Waals surface area contributed by atoms with E-state index in [1.165, 1.54) is 12.1 Å². The molecular weight excluding hydrogens is 389 g/mol. The maximum atomic E-state index is 12.7. The van der Waals surface area contributed by atoms with Crippen molar-refractivity contribution in [3.05, 3.63) is 60.2 Å². The van der Waals surface area contributed by atoms with Crippen molar-refractivity contribution >= 4 is 17.7 Å². The molecule has 0 aliphatic heterocycles. The van der Waals surface area contributed by atoms with Crippen LogP contribution >= 0.6 is 0 Å². The van der Waals surface area contributed by atoms with Crippen LogP contribution in [0.2, 0.25) is 0 Å². The summed E-state index contributed by atoms with van der Waals surface area (Å²) in [4.78, 5) is 24.9. The Morgan fingerprint density at radius 1 is 0.931 bits per heavy atom. The number of alkyl halides is 3. The number of hydrogen-bond donors (Lipinski definition) is 2. The fourth-order valence-corrected chi connectivity index (χ4v) is 2.33. The third-order valence-electron chi connectivity index (χ3n) is 3.41. The van der Waals surface area contributed by atoms with E-state index in [1.807, 2.05) is 0 Å². The van der Waals surface area contributed by atoms with E-state index in [-0.39, 0.29) is 5.69 Å². The lowest BCUT2D eigenvalue weighted by Gasteiger charge is -2.23. The summed E-state index contributed by atoms with van der Waals surface area (Å²) in [5.74, 6) is -1.01. The van der Waals surface area contributed by atoms with Gasteiger partial charge in [0.15, 0.2) is 0 Å². The van der Waals surface area contributed by atoms with Crippen LogP contribution in [0.3, 0.4) is 0 Å². The second kappa shape index (κ2) is 8.85. The Balaban J connectivity index is 2.14. The number of anilines is 1. The van der Waals surface area contributed by atoms with Crippen LogP contribution in [0, 0.1) is 0 Å². The zero-order chi connectivity index (χ0) is 21.7. The van der Waals surface area contributed by atoms with Gasteiger partial charge in [-0.15, -0.1) is 13.2 Å². The number of halogens is 3. The van der Waals surface area contributed by atoms with Gasteiger partial charge in [0.25, 0.3) is 5.91 Å². The number of amides is 2. The minimum absolute atomic E-state index is 0.233. The van der Waals surface area contributed by atoms with Crippen LogP contribution < -0.4 is 15.4 Å². The lowest BCUT2D eigenvalue weighted by molar-refractivity contribution is -0.274. The van der Waals surface area contributed by atoms with Crippen LogP contribution in [-0.2, 0) is 9.53 Å². The van der Waals surface area contributed by atoms with Gasteiger partial charge in [-0.2, -0.15) is 0 Å². The molecule has 1 atom stereocenters. The molecule has 9 heteroatoms. The molecule has 2 N–H and O–H groups in total. The van der Waals surface area contributed by atoms with Crippen molar-refractivity contribution in [2.24, 2.45) is 0 Å². The van der Waals surface area contributed by atoms with Gasteiger partial charge in [0, 0.05) is 5.69 Å². The van der Waals surface area contributed by atoms with Crippen molar-refractivity contribution in [1.29, 1.82) is 0 Å². The normalized spacial score (nSPS) is 12.6. The van der Waals surface area contributed by atoms with Gasteiger partial charge in [0.05, 0.1) is 0 Å². The lowest BCUT2D eigenvalue weighted by Crippen LogP contribution is -2.40. The molecule has 2 aromatic rings. The van der Waals surface area contributed by atoms with Gasteiger partial charge in [-0.3, -0.25) is 4.79 Å². The average molecular weight is 410 g/mol. The number of benzene rings is 2. The van der Waals surface area contributed by atoms with E-state index in [4.69, 9.17) is 4.74 Å². The molecule has 0 aromatic heterocycles. The molecule has 1 unspecified atom stereocenters. The predicted octanol–water partition coefficient (Wildman–Crippen LogP) is 4.79. The SMILES string of the molecule is CC(C)(C)OC(=O)NC(C(=O)Nc1ccc(OC(F)(F)F)cc1)c1ccccc1. The smallest absolute Gasteiger partial charge is 0.444 e. The molecule has 2 rings (SSSR count). The molecule has 0 fully saturated rings. The van der Waals surface area contributed by atoms with Crippen LogP contribution in [-0.4, -0.2) is 24.0 Å². The van der Waals surface area contributed by atoms with E-state index >= 15 is 0 Å². The van der Waals surface area contributed by atoms with Gasteiger partial charge < -0.3 is 20.1 Å². The van der Waals surface area contributed by atoms with Gasteiger partial charge in [0.2, 0.25) is 0 Å². The number of alkyl carbamates (subject to hydrolysis) is 1. The van der Waals surface area contributed by atoms with Crippen molar-refractivity contribution in [3.63, 3.8) is 0 Å². The third kappa shape index (κ3) is 7.73. The second-order valence-corrected chi connectivity index (χ2v) is 7.05. The first-order chi connectivity index (χ1) is 13.4. The predicted molar refractivity (Wildman–Crippen MR) is 100 cm³/mol. The molecule has 6 nitrogen and oxygen atoms in total. The Bertz CT molecular complexity index is 832. The molecule has 0 aliphatic rings. The van der Waals surface area contributed by atoms with Crippen molar-refractivity contribution in [1.82, 2.24) is 5.32 Å². The zero-order valence-corrected chi connectivity index (χ0v) is 16.0. The van der Waals surface area contributed by atoms with E-state index < -0.39 is 35.8 Å². The third-order valence-corrected chi connectivity index (χ3v) is 3.41. The maximum Gasteiger partial charge on any atom is 0.573 e. The molecule has 29 heavy (non-hydrogen) atoms. The first kappa shape index (κ1) is 22.1. The van der Waals surface area contributed by atoms with E-state index in [9.17, 15) is 22.8 Å². The van der Waals surface area contributed by atoms with E-state index in [2.05, 4.69) is 15.4 Å². The van der Waals surface area contributed by atoms with Gasteiger partial charge in [-0.05, 0) is 50.6 Å². The molecular formula is C20H21F3N2O4. The van der Waals surface area contributed by atoms with Crippen LogP contribution in [0.1, 0.15) is 32.4 Å². The van der Waals surface area contributed by atoms with Gasteiger partial charge in [-0.1, -0.05) is 30.3 Å². The summed E-state index contributed by atoms with van der Waals surface area (Å²) in [6.45, 7) is 5.07. The summed E-state index contributed by atoms with van der Waals surface area (Å²) in [6.07, 6.45) is -5.59. The van der Waals surface area contributed by atoms with E-state index in [0.29, 0.717) is 5.56 Å². The van der Waals surface area contributed by atoms with Gasteiger partial charge in [0.1, 0.15) is 17.4 Å². The fraction of sp³-hybridized carbons (Fsp3) is 0.300. The highest BCUT2D eigenvalue weighted by Gasteiger charge is 2.31. The molecule has 0 bridgehead atoms. The monoisotopic (exact) mass is 410 g/mol. The summed E-state index contributed by atoms with van der Waals surface area (Å²) >= 11 is 0. The highest BCUT2D eigenvalue weighted by molar-refractivity contribution is 5.97. The molecule has 0 heterocycles. The molecule has 2 aromatic carbocycles. The average Bonchev–Trinajstić information content (AvgIpc) is 2.59. The lowest BCUT2D eigenvalue weighted by atomic mass is 10.1. The summed E-state index contributed by atoms with van der Waals surface area (Å²) in [7, 11) is 0. The number of hydrogen-bond acceptors (Lipinski definition) is 4. The Morgan fingerprint density at radius 3 is 2.03 bits per heavy atom. The summed E-state index contributed by atoms with van der Waals surface area (Å²) in [5, 5.41) is 5.06. The largest absolute Gasteiger partial charge is 0.573 e. The highest BCUT2D eigenvalue weighted by atomic mass is 19.4. The van der Waals surface area contributed by atoms with E-state index in [1.54, 1.807) is 51.1 Å². The van der Waals surface area contributed by atoms with Crippen LogP contribution in [0.25, 0.3) is 0 Å². The topological polar surface area (TPSA) is 76.7 Å². The zero-order valence-electron chi connectivity index (χ0n) is 16.0. The Hall–Kier alpha value is -3.23. The number of rotatable bonds is 5.